The molecule has 7 nitrogen and oxygen atoms in total. The zero-order valence-corrected chi connectivity index (χ0v) is 13.0. The van der Waals surface area contributed by atoms with Gasteiger partial charge in [0.25, 0.3) is 5.69 Å². The zero-order chi connectivity index (χ0) is 15.2. The number of rotatable bonds is 7. The number of ether oxygens (including phenoxy) is 1. The van der Waals surface area contributed by atoms with Gasteiger partial charge in [0.15, 0.2) is 0 Å². The smallest absolute Gasteiger partial charge is 0.275 e. The van der Waals surface area contributed by atoms with E-state index in [1.807, 2.05) is 6.20 Å². The second kappa shape index (κ2) is 7.19. The Balaban J connectivity index is 2.03. The molecule has 0 aliphatic heterocycles. The predicted octanol–water partition coefficient (Wildman–Crippen LogP) is 2.81. The van der Waals surface area contributed by atoms with Gasteiger partial charge in [0.1, 0.15) is 0 Å². The molecule has 0 saturated carbocycles. The maximum absolute atomic E-state index is 11.0. The Morgan fingerprint density at radius 2 is 2.33 bits per heavy atom. The van der Waals surface area contributed by atoms with Crippen LogP contribution in [0.25, 0.3) is 0 Å². The van der Waals surface area contributed by atoms with E-state index in [-0.39, 0.29) is 10.6 Å². The molecule has 21 heavy (non-hydrogen) atoms. The minimum atomic E-state index is -0.385. The third-order valence-electron chi connectivity index (χ3n) is 2.88. The zero-order valence-electron chi connectivity index (χ0n) is 11.5. The fourth-order valence-electron chi connectivity index (χ4n) is 1.82. The number of hydrogen-bond acceptors (Lipinski definition) is 5. The van der Waals surface area contributed by atoms with Crippen LogP contribution in [0.5, 0.6) is 0 Å². The van der Waals surface area contributed by atoms with Crippen molar-refractivity contribution < 1.29 is 9.66 Å². The van der Waals surface area contributed by atoms with Crippen molar-refractivity contribution in [3.63, 3.8) is 0 Å². The molecule has 0 aliphatic carbocycles. The van der Waals surface area contributed by atoms with E-state index in [4.69, 9.17) is 4.74 Å². The summed E-state index contributed by atoms with van der Waals surface area (Å²) < 4.78 is 7.41. The molecule has 0 amide bonds. The van der Waals surface area contributed by atoms with Crippen LogP contribution >= 0.6 is 15.9 Å². The summed E-state index contributed by atoms with van der Waals surface area (Å²) in [7, 11) is 1.63. The molecule has 8 heteroatoms. The molecule has 0 radical (unpaired) electrons. The summed E-state index contributed by atoms with van der Waals surface area (Å²) in [5, 5.41) is 18.3. The first-order valence-corrected chi connectivity index (χ1v) is 7.07. The molecule has 0 atom stereocenters. The molecule has 112 valence electrons. The molecule has 0 spiro atoms. The summed E-state index contributed by atoms with van der Waals surface area (Å²) >= 11 is 3.24. The van der Waals surface area contributed by atoms with Crippen molar-refractivity contribution in [2.75, 3.05) is 19.0 Å². The Bertz CT molecular complexity index is 630. The van der Waals surface area contributed by atoms with E-state index in [0.29, 0.717) is 29.7 Å². The first-order chi connectivity index (χ1) is 10.1. The molecule has 1 aromatic carbocycles. The van der Waals surface area contributed by atoms with Crippen LogP contribution in [0.15, 0.2) is 35.1 Å². The molecule has 0 fully saturated rings. The minimum absolute atomic E-state index is 0.0867. The Hall–Kier alpha value is -1.93. The van der Waals surface area contributed by atoms with Crippen molar-refractivity contribution in [2.45, 2.75) is 13.1 Å². The van der Waals surface area contributed by atoms with Gasteiger partial charge >= 0.3 is 0 Å². The van der Waals surface area contributed by atoms with Crippen molar-refractivity contribution in [1.29, 1.82) is 0 Å². The highest BCUT2D eigenvalue weighted by molar-refractivity contribution is 9.10. The molecule has 1 aromatic heterocycles. The van der Waals surface area contributed by atoms with E-state index < -0.39 is 0 Å². The number of nitrogens with one attached hydrogen (secondary N) is 1. The molecule has 0 aliphatic rings. The summed E-state index contributed by atoms with van der Waals surface area (Å²) in [6.45, 7) is 1.61. The van der Waals surface area contributed by atoms with Crippen LogP contribution in [0.4, 0.5) is 11.4 Å². The lowest BCUT2D eigenvalue weighted by molar-refractivity contribution is -0.385. The molecule has 0 bridgehead atoms. The minimum Gasteiger partial charge on any atom is -0.383 e. The lowest BCUT2D eigenvalue weighted by Gasteiger charge is -2.05. The van der Waals surface area contributed by atoms with E-state index >= 15 is 0 Å². The van der Waals surface area contributed by atoms with Crippen molar-refractivity contribution in [2.24, 2.45) is 0 Å². The number of anilines is 1. The van der Waals surface area contributed by atoms with Gasteiger partial charge in [-0.05, 0) is 12.1 Å². The van der Waals surface area contributed by atoms with Gasteiger partial charge in [-0.25, -0.2) is 0 Å². The van der Waals surface area contributed by atoms with Gasteiger partial charge in [-0.15, -0.1) is 0 Å². The van der Waals surface area contributed by atoms with Gasteiger partial charge in [0, 0.05) is 36.0 Å². The lowest BCUT2D eigenvalue weighted by atomic mass is 10.2. The van der Waals surface area contributed by atoms with E-state index in [0.717, 1.165) is 5.69 Å². The predicted molar refractivity (Wildman–Crippen MR) is 82.2 cm³/mol. The largest absolute Gasteiger partial charge is 0.383 e. The normalized spacial score (nSPS) is 10.6. The Morgan fingerprint density at radius 3 is 3.05 bits per heavy atom. The Kier molecular flexibility index (Phi) is 5.29. The van der Waals surface area contributed by atoms with E-state index in [1.54, 1.807) is 30.1 Å². The second-order valence-electron chi connectivity index (χ2n) is 4.37. The van der Waals surface area contributed by atoms with Gasteiger partial charge in [-0.1, -0.05) is 15.9 Å². The van der Waals surface area contributed by atoms with Gasteiger partial charge < -0.3 is 10.1 Å². The standard InChI is InChI=1S/C13H15BrN4O3/c1-21-5-4-17-9-12(8-16-17)15-7-10-2-3-11(14)6-13(10)18(19)20/h2-3,6,8-9,15H,4-5,7H2,1H3. The molecular weight excluding hydrogens is 340 g/mol. The number of nitrogens with zero attached hydrogens (tertiary/aromatic N) is 3. The van der Waals surface area contributed by atoms with Crippen LogP contribution in [0.2, 0.25) is 0 Å². The fraction of sp³-hybridized carbons (Fsp3) is 0.308. The lowest BCUT2D eigenvalue weighted by Crippen LogP contribution is -2.04. The summed E-state index contributed by atoms with van der Waals surface area (Å²) in [5.74, 6) is 0. The van der Waals surface area contributed by atoms with Crippen molar-refractivity contribution in [1.82, 2.24) is 9.78 Å². The molecule has 0 saturated heterocycles. The van der Waals surface area contributed by atoms with Crippen LogP contribution < -0.4 is 5.32 Å². The van der Waals surface area contributed by atoms with Crippen LogP contribution in [-0.4, -0.2) is 28.4 Å². The van der Waals surface area contributed by atoms with Crippen molar-refractivity contribution >= 4 is 27.3 Å². The highest BCUT2D eigenvalue weighted by Gasteiger charge is 2.13. The average molecular weight is 355 g/mol. The number of halogens is 1. The van der Waals surface area contributed by atoms with Crippen LogP contribution in [-0.2, 0) is 17.8 Å². The quantitative estimate of drug-likeness (QED) is 0.610. The molecule has 1 heterocycles. The average Bonchev–Trinajstić information content (AvgIpc) is 2.91. The SMILES string of the molecule is COCCn1cc(NCc2ccc(Br)cc2[N+](=O)[O-])cn1. The Labute approximate surface area is 130 Å². The van der Waals surface area contributed by atoms with Gasteiger partial charge in [-0.2, -0.15) is 5.10 Å². The third-order valence-corrected chi connectivity index (χ3v) is 3.38. The monoisotopic (exact) mass is 354 g/mol. The highest BCUT2D eigenvalue weighted by atomic mass is 79.9. The highest BCUT2D eigenvalue weighted by Crippen LogP contribution is 2.24. The number of nitro groups is 1. The van der Waals surface area contributed by atoms with Crippen LogP contribution in [0.3, 0.4) is 0 Å². The summed E-state index contributed by atoms with van der Waals surface area (Å²) in [6.07, 6.45) is 3.52. The summed E-state index contributed by atoms with van der Waals surface area (Å²) in [6, 6.07) is 5.01. The van der Waals surface area contributed by atoms with E-state index in [9.17, 15) is 10.1 Å². The number of nitro benzene ring substituents is 1. The number of aromatic nitrogens is 2. The first kappa shape index (κ1) is 15.5. The van der Waals surface area contributed by atoms with Crippen molar-refractivity contribution in [3.05, 3.63) is 50.7 Å². The number of hydrogen-bond donors (Lipinski definition) is 1. The van der Waals surface area contributed by atoms with Crippen LogP contribution in [0.1, 0.15) is 5.56 Å². The molecule has 1 N–H and O–H groups in total. The third kappa shape index (κ3) is 4.27. The van der Waals surface area contributed by atoms with Crippen LogP contribution in [0, 0.1) is 10.1 Å². The van der Waals surface area contributed by atoms with Gasteiger partial charge in [0.2, 0.25) is 0 Å². The maximum Gasteiger partial charge on any atom is 0.275 e. The second-order valence-corrected chi connectivity index (χ2v) is 5.28. The van der Waals surface area contributed by atoms with Crippen molar-refractivity contribution in [3.8, 4) is 0 Å². The topological polar surface area (TPSA) is 82.2 Å². The summed E-state index contributed by atoms with van der Waals surface area (Å²) in [4.78, 5) is 10.6. The fourth-order valence-corrected chi connectivity index (χ4v) is 2.16. The number of methoxy groups -OCH3 is 1. The van der Waals surface area contributed by atoms with Gasteiger partial charge in [0.05, 0.1) is 30.0 Å². The summed E-state index contributed by atoms with van der Waals surface area (Å²) in [5.41, 5.74) is 1.51. The molecule has 2 rings (SSSR count). The molecule has 2 aromatic rings. The Morgan fingerprint density at radius 1 is 1.52 bits per heavy atom. The van der Waals surface area contributed by atoms with E-state index in [2.05, 4.69) is 26.3 Å². The first-order valence-electron chi connectivity index (χ1n) is 6.28. The maximum atomic E-state index is 11.0. The van der Waals surface area contributed by atoms with Gasteiger partial charge in [-0.3, -0.25) is 14.8 Å². The number of benzene rings is 1. The molecular formula is C13H15BrN4O3. The molecule has 0 unspecified atom stereocenters. The van der Waals surface area contributed by atoms with E-state index in [1.165, 1.54) is 6.07 Å².